The molecule has 2 aromatic carbocycles. The Labute approximate surface area is 209 Å². The van der Waals surface area contributed by atoms with Gasteiger partial charge in [0.1, 0.15) is 18.3 Å². The van der Waals surface area contributed by atoms with Crippen LogP contribution in [-0.4, -0.2) is 57.1 Å². The average molecular weight is 504 g/mol. The molecule has 35 heavy (non-hydrogen) atoms. The van der Waals surface area contributed by atoms with Crippen molar-refractivity contribution in [2.24, 2.45) is 0 Å². The Balaban J connectivity index is 2.43. The molecule has 0 aromatic heterocycles. The number of aryl methyl sites for hydroxylation is 2. The maximum atomic E-state index is 13.6. The van der Waals surface area contributed by atoms with E-state index in [4.69, 9.17) is 4.74 Å². The van der Waals surface area contributed by atoms with Gasteiger partial charge in [-0.15, -0.1) is 0 Å². The molecule has 2 unspecified atom stereocenters. The third-order valence-electron chi connectivity index (χ3n) is 5.96. The van der Waals surface area contributed by atoms with Gasteiger partial charge in [0.05, 0.1) is 19.1 Å². The van der Waals surface area contributed by atoms with Crippen molar-refractivity contribution in [1.82, 2.24) is 10.2 Å². The number of hydrogen-bond donors (Lipinski definition) is 1. The summed E-state index contributed by atoms with van der Waals surface area (Å²) in [4.78, 5) is 28.0. The first-order valence-electron chi connectivity index (χ1n) is 11.6. The van der Waals surface area contributed by atoms with E-state index >= 15 is 0 Å². The Bertz CT molecular complexity index is 1150. The molecule has 0 heterocycles. The van der Waals surface area contributed by atoms with Crippen LogP contribution in [0.2, 0.25) is 0 Å². The summed E-state index contributed by atoms with van der Waals surface area (Å²) in [5.74, 6) is -0.155. The lowest BCUT2D eigenvalue weighted by atomic mass is 10.1. The number of nitrogens with zero attached hydrogens (tertiary/aromatic N) is 2. The average Bonchev–Trinajstić information content (AvgIpc) is 2.80. The normalized spacial score (nSPS) is 13.0. The minimum atomic E-state index is -3.77. The lowest BCUT2D eigenvalue weighted by molar-refractivity contribution is -0.139. The molecule has 0 spiro atoms. The number of sulfonamides is 1. The van der Waals surface area contributed by atoms with Crippen LogP contribution in [0.4, 0.5) is 5.69 Å². The second kappa shape index (κ2) is 12.1. The molecule has 0 saturated carbocycles. The van der Waals surface area contributed by atoms with Crippen molar-refractivity contribution in [2.75, 3.05) is 24.2 Å². The molecule has 0 fully saturated rings. The number of amides is 2. The minimum Gasteiger partial charge on any atom is -0.497 e. The fourth-order valence-electron chi connectivity index (χ4n) is 3.70. The number of carbonyl (C=O) groups excluding carboxylic acids is 2. The first kappa shape index (κ1) is 28.2. The molecule has 192 valence electrons. The van der Waals surface area contributed by atoms with Crippen molar-refractivity contribution in [3.05, 3.63) is 59.2 Å². The van der Waals surface area contributed by atoms with Crippen molar-refractivity contribution < 1.29 is 22.7 Å². The van der Waals surface area contributed by atoms with E-state index in [1.807, 2.05) is 32.9 Å². The number of methoxy groups -OCH3 is 1. The molecule has 0 aliphatic heterocycles. The molecule has 0 bridgehead atoms. The summed E-state index contributed by atoms with van der Waals surface area (Å²) in [6, 6.07) is 11.7. The zero-order chi connectivity index (χ0) is 26.3. The summed E-state index contributed by atoms with van der Waals surface area (Å²) in [7, 11) is -2.22. The van der Waals surface area contributed by atoms with Crippen LogP contribution in [0.1, 0.15) is 43.9 Å². The highest BCUT2D eigenvalue weighted by atomic mass is 32.2. The highest BCUT2D eigenvalue weighted by Crippen LogP contribution is 2.24. The predicted octanol–water partition coefficient (Wildman–Crippen LogP) is 3.41. The highest BCUT2D eigenvalue weighted by molar-refractivity contribution is 7.92. The van der Waals surface area contributed by atoms with Crippen LogP contribution in [-0.2, 0) is 26.2 Å². The van der Waals surface area contributed by atoms with Crippen LogP contribution >= 0.6 is 0 Å². The van der Waals surface area contributed by atoms with E-state index in [0.29, 0.717) is 11.4 Å². The summed E-state index contributed by atoms with van der Waals surface area (Å²) in [5.41, 5.74) is 2.92. The Morgan fingerprint density at radius 3 is 2.34 bits per heavy atom. The number of hydrogen-bond acceptors (Lipinski definition) is 5. The van der Waals surface area contributed by atoms with E-state index < -0.39 is 28.5 Å². The van der Waals surface area contributed by atoms with Gasteiger partial charge in [0.2, 0.25) is 21.8 Å². The van der Waals surface area contributed by atoms with Crippen molar-refractivity contribution in [1.29, 1.82) is 0 Å². The molecule has 2 aromatic rings. The summed E-state index contributed by atoms with van der Waals surface area (Å²) in [6.07, 6.45) is 1.82. The number of anilines is 1. The molecule has 0 aliphatic rings. The highest BCUT2D eigenvalue weighted by Gasteiger charge is 2.31. The van der Waals surface area contributed by atoms with Crippen LogP contribution in [0.15, 0.2) is 42.5 Å². The molecule has 0 radical (unpaired) electrons. The van der Waals surface area contributed by atoms with E-state index in [1.54, 1.807) is 51.3 Å². The molecule has 2 atom stereocenters. The van der Waals surface area contributed by atoms with Crippen LogP contribution < -0.4 is 14.4 Å². The van der Waals surface area contributed by atoms with Gasteiger partial charge in [0.15, 0.2) is 0 Å². The Kier molecular flexibility index (Phi) is 9.71. The largest absolute Gasteiger partial charge is 0.497 e. The van der Waals surface area contributed by atoms with E-state index in [0.717, 1.165) is 33.7 Å². The quantitative estimate of drug-likeness (QED) is 0.507. The smallest absolute Gasteiger partial charge is 0.244 e. The van der Waals surface area contributed by atoms with Crippen molar-refractivity contribution in [2.45, 2.75) is 59.7 Å². The zero-order valence-corrected chi connectivity index (χ0v) is 22.5. The molecule has 2 rings (SSSR count). The monoisotopic (exact) mass is 503 g/mol. The van der Waals surface area contributed by atoms with E-state index in [2.05, 4.69) is 5.32 Å². The summed E-state index contributed by atoms with van der Waals surface area (Å²) in [5, 5.41) is 2.91. The van der Waals surface area contributed by atoms with Gasteiger partial charge >= 0.3 is 0 Å². The van der Waals surface area contributed by atoms with Gasteiger partial charge in [0, 0.05) is 12.6 Å². The molecular weight excluding hydrogens is 466 g/mol. The van der Waals surface area contributed by atoms with E-state index in [-0.39, 0.29) is 18.5 Å². The van der Waals surface area contributed by atoms with Gasteiger partial charge in [-0.25, -0.2) is 8.42 Å². The van der Waals surface area contributed by atoms with Crippen LogP contribution in [0.25, 0.3) is 0 Å². The Morgan fingerprint density at radius 1 is 1.09 bits per heavy atom. The molecule has 0 saturated heterocycles. The van der Waals surface area contributed by atoms with Crippen molar-refractivity contribution in [3.8, 4) is 5.75 Å². The SMILES string of the molecule is CCC(C)NC(=O)C(C)N(Cc1cccc(OC)c1)C(=O)CN(c1ccc(C)cc1C)S(C)(=O)=O. The van der Waals surface area contributed by atoms with Gasteiger partial charge in [-0.2, -0.15) is 0 Å². The minimum absolute atomic E-state index is 0.0542. The third kappa shape index (κ3) is 7.71. The van der Waals surface area contributed by atoms with Gasteiger partial charge in [-0.05, 0) is 63.4 Å². The number of rotatable bonds is 11. The fraction of sp³-hybridized carbons (Fsp3) is 0.462. The fourth-order valence-corrected chi connectivity index (χ4v) is 4.60. The van der Waals surface area contributed by atoms with Crippen LogP contribution in [0.5, 0.6) is 5.75 Å². The standard InChI is InChI=1S/C26H37N3O5S/c1-8-20(4)27-26(31)21(5)28(16-22-10-9-11-23(15-22)34-6)25(30)17-29(35(7,32)33)24-13-12-18(2)14-19(24)3/h9-15,20-21H,8,16-17H2,1-7H3,(H,27,31). The molecule has 2 amide bonds. The van der Waals surface area contributed by atoms with Crippen LogP contribution in [0, 0.1) is 13.8 Å². The van der Waals surface area contributed by atoms with Crippen molar-refractivity contribution in [3.63, 3.8) is 0 Å². The van der Waals surface area contributed by atoms with Gasteiger partial charge < -0.3 is 15.0 Å². The van der Waals surface area contributed by atoms with Crippen LogP contribution in [0.3, 0.4) is 0 Å². The van der Waals surface area contributed by atoms with E-state index in [9.17, 15) is 18.0 Å². The van der Waals surface area contributed by atoms with Gasteiger partial charge in [0.25, 0.3) is 0 Å². The summed E-state index contributed by atoms with van der Waals surface area (Å²) < 4.78 is 31.8. The van der Waals surface area contributed by atoms with Gasteiger partial charge in [-0.3, -0.25) is 13.9 Å². The first-order chi connectivity index (χ1) is 16.4. The van der Waals surface area contributed by atoms with E-state index in [1.165, 1.54) is 4.90 Å². The molecule has 1 N–H and O–H groups in total. The number of nitrogens with one attached hydrogen (secondary N) is 1. The summed E-state index contributed by atoms with van der Waals surface area (Å²) >= 11 is 0. The lowest BCUT2D eigenvalue weighted by Crippen LogP contribution is -2.52. The predicted molar refractivity (Wildman–Crippen MR) is 139 cm³/mol. The summed E-state index contributed by atoms with van der Waals surface area (Å²) in [6.45, 7) is 8.93. The van der Waals surface area contributed by atoms with Crippen molar-refractivity contribution >= 4 is 27.5 Å². The molecule has 0 aliphatic carbocycles. The van der Waals surface area contributed by atoms with Gasteiger partial charge in [-0.1, -0.05) is 36.8 Å². The topological polar surface area (TPSA) is 96.0 Å². The number of ether oxygens (including phenoxy) is 1. The lowest BCUT2D eigenvalue weighted by Gasteiger charge is -2.32. The molecule has 9 heteroatoms. The number of benzene rings is 2. The molecular formula is C26H37N3O5S. The first-order valence-corrected chi connectivity index (χ1v) is 13.5. The molecule has 8 nitrogen and oxygen atoms in total. The maximum absolute atomic E-state index is 13.6. The maximum Gasteiger partial charge on any atom is 0.244 e. The second-order valence-electron chi connectivity index (χ2n) is 8.93. The number of carbonyl (C=O) groups is 2. The third-order valence-corrected chi connectivity index (χ3v) is 7.08. The zero-order valence-electron chi connectivity index (χ0n) is 21.7. The Morgan fingerprint density at radius 2 is 1.77 bits per heavy atom. The Hall–Kier alpha value is -3.07. The second-order valence-corrected chi connectivity index (χ2v) is 10.8.